The van der Waals surface area contributed by atoms with Crippen molar-refractivity contribution in [2.45, 2.75) is 0 Å². The minimum atomic E-state index is -0.571. The lowest BCUT2D eigenvalue weighted by atomic mass is 9.97. The molecule has 1 saturated heterocycles. The van der Waals surface area contributed by atoms with Crippen LogP contribution in [0.2, 0.25) is 5.02 Å². The first-order valence-corrected chi connectivity index (χ1v) is 11.1. The van der Waals surface area contributed by atoms with Gasteiger partial charge in [-0.3, -0.25) is 14.3 Å². The number of piperazine rings is 1. The van der Waals surface area contributed by atoms with Gasteiger partial charge in [-0.15, -0.1) is 0 Å². The first-order chi connectivity index (χ1) is 17.4. The van der Waals surface area contributed by atoms with Crippen molar-refractivity contribution in [3.05, 3.63) is 82.4 Å². The number of aromatic nitrogens is 3. The monoisotopic (exact) mass is 494 g/mol. The number of hydrogen-bond donors (Lipinski definition) is 2. The van der Waals surface area contributed by atoms with Crippen molar-refractivity contribution >= 4 is 23.3 Å². The van der Waals surface area contributed by atoms with Crippen LogP contribution in [0.3, 0.4) is 0 Å². The number of pyridine rings is 1. The number of carbonyl (C=O) groups is 1. The van der Waals surface area contributed by atoms with Crippen molar-refractivity contribution < 1.29 is 15.7 Å². The molecule has 5 rings (SSSR count). The third kappa shape index (κ3) is 4.20. The summed E-state index contributed by atoms with van der Waals surface area (Å²) < 4.78 is 24.7. The van der Waals surface area contributed by atoms with Gasteiger partial charge in [0, 0.05) is 51.2 Å². The second-order valence-electron chi connectivity index (χ2n) is 8.06. The number of imidazole rings is 1. The molecule has 2 N–H and O–H groups in total. The Labute approximate surface area is 206 Å². The molecule has 0 spiro atoms. The number of aryl methyl sites for hydroxylation is 1. The van der Waals surface area contributed by atoms with E-state index < -0.39 is 11.5 Å². The molecule has 35 heavy (non-hydrogen) atoms. The van der Waals surface area contributed by atoms with Crippen LogP contribution in [-0.4, -0.2) is 44.8 Å². The van der Waals surface area contributed by atoms with Crippen LogP contribution in [0, 0.1) is 5.82 Å². The predicted octanol–water partition coefficient (Wildman–Crippen LogP) is 3.34. The predicted molar refractivity (Wildman–Crippen MR) is 132 cm³/mol. The molecule has 0 saturated carbocycles. The number of rotatable bonds is 4. The molecule has 0 unspecified atom stereocenters. The third-order valence-corrected chi connectivity index (χ3v) is 6.17. The van der Waals surface area contributed by atoms with Crippen LogP contribution in [0.1, 0.15) is 1.37 Å². The van der Waals surface area contributed by atoms with E-state index in [0.717, 1.165) is 0 Å². The van der Waals surface area contributed by atoms with Crippen LogP contribution in [0.4, 0.5) is 10.2 Å². The van der Waals surface area contributed by atoms with Gasteiger partial charge in [-0.25, -0.2) is 14.2 Å². The Morgan fingerprint density at radius 3 is 2.57 bits per heavy atom. The highest BCUT2D eigenvalue weighted by Crippen LogP contribution is 2.40. The van der Waals surface area contributed by atoms with Crippen molar-refractivity contribution in [2.75, 3.05) is 24.5 Å². The third-order valence-electron chi connectivity index (χ3n) is 5.86. The summed E-state index contributed by atoms with van der Waals surface area (Å²) in [6.07, 6.45) is 4.51. The number of phenols is 1. The minimum Gasteiger partial charge on any atom is -0.507 e. The van der Waals surface area contributed by atoms with Gasteiger partial charge in [0.05, 0.1) is 17.3 Å². The molecule has 0 atom stereocenters. The summed E-state index contributed by atoms with van der Waals surface area (Å²) in [5.41, 5.74) is 1.38. The van der Waals surface area contributed by atoms with Gasteiger partial charge in [-0.1, -0.05) is 17.7 Å². The number of aromatic hydroxyl groups is 1. The SMILES string of the molecule is [2H]Cn1ccn(-c2ccc(-c3cc(F)cc(-c4ccnc(N5CCNCC5=O)c4)c3O)cc2Cl)c1=O. The quantitative estimate of drug-likeness (QED) is 0.454. The Morgan fingerprint density at radius 1 is 1.11 bits per heavy atom. The summed E-state index contributed by atoms with van der Waals surface area (Å²) in [5, 5.41) is 14.3. The topological polar surface area (TPSA) is 92.4 Å². The highest BCUT2D eigenvalue weighted by atomic mass is 35.5. The van der Waals surface area contributed by atoms with E-state index in [1.807, 2.05) is 0 Å². The molecule has 8 nitrogen and oxygen atoms in total. The maximum Gasteiger partial charge on any atom is 0.332 e. The van der Waals surface area contributed by atoms with Crippen LogP contribution >= 0.6 is 11.6 Å². The maximum absolute atomic E-state index is 14.7. The molecule has 2 aromatic heterocycles. The van der Waals surface area contributed by atoms with Gasteiger partial charge in [0.15, 0.2) is 0 Å². The van der Waals surface area contributed by atoms with Gasteiger partial charge in [0.25, 0.3) is 0 Å². The maximum atomic E-state index is 14.7. The summed E-state index contributed by atoms with van der Waals surface area (Å²) in [4.78, 5) is 30.5. The highest BCUT2D eigenvalue weighted by Gasteiger charge is 2.22. The van der Waals surface area contributed by atoms with E-state index in [-0.39, 0.29) is 41.4 Å². The van der Waals surface area contributed by atoms with Gasteiger partial charge >= 0.3 is 5.69 Å². The van der Waals surface area contributed by atoms with E-state index in [2.05, 4.69) is 10.3 Å². The Balaban J connectivity index is 1.55. The zero-order chi connectivity index (χ0) is 25.4. The normalized spacial score (nSPS) is 14.3. The molecule has 0 radical (unpaired) electrons. The molecule has 1 amide bonds. The first kappa shape index (κ1) is 21.6. The fraction of sp³-hybridized carbons (Fsp3) is 0.160. The second kappa shape index (κ2) is 9.01. The van der Waals surface area contributed by atoms with Crippen LogP contribution in [-0.2, 0) is 11.8 Å². The molecule has 4 aromatic rings. The lowest BCUT2D eigenvalue weighted by Crippen LogP contribution is -2.48. The number of halogens is 2. The fourth-order valence-corrected chi connectivity index (χ4v) is 4.36. The summed E-state index contributed by atoms with van der Waals surface area (Å²) in [7, 11) is -0.221. The number of benzene rings is 2. The lowest BCUT2D eigenvalue weighted by molar-refractivity contribution is -0.118. The summed E-state index contributed by atoms with van der Waals surface area (Å²) >= 11 is 6.47. The molecule has 1 aliphatic rings. The first-order valence-electron chi connectivity index (χ1n) is 11.5. The van der Waals surface area contributed by atoms with E-state index in [0.29, 0.717) is 35.7 Å². The number of nitrogens with zero attached hydrogens (tertiary/aromatic N) is 4. The van der Waals surface area contributed by atoms with Crippen molar-refractivity contribution in [3.8, 4) is 33.7 Å². The largest absolute Gasteiger partial charge is 0.507 e. The molecule has 0 bridgehead atoms. The van der Waals surface area contributed by atoms with E-state index in [4.69, 9.17) is 13.0 Å². The average molecular weight is 495 g/mol. The van der Waals surface area contributed by atoms with E-state index in [1.165, 1.54) is 45.9 Å². The molecule has 178 valence electrons. The molecule has 2 aromatic carbocycles. The van der Waals surface area contributed by atoms with Crippen molar-refractivity contribution in [1.29, 1.82) is 0 Å². The average Bonchev–Trinajstić information content (AvgIpc) is 3.25. The summed E-state index contributed by atoms with van der Waals surface area (Å²) in [6.45, 7) is 1.29. The lowest BCUT2D eigenvalue weighted by Gasteiger charge is -2.26. The number of amides is 1. The van der Waals surface area contributed by atoms with E-state index >= 15 is 0 Å². The summed E-state index contributed by atoms with van der Waals surface area (Å²) in [5.74, 6) is -0.441. The van der Waals surface area contributed by atoms with Gasteiger partial charge in [0.2, 0.25) is 5.91 Å². The van der Waals surface area contributed by atoms with E-state index in [9.17, 15) is 19.1 Å². The molecule has 3 heterocycles. The number of hydrogen-bond acceptors (Lipinski definition) is 5. The number of nitrogens with one attached hydrogen (secondary N) is 1. The van der Waals surface area contributed by atoms with Gasteiger partial charge in [0.1, 0.15) is 17.4 Å². The molecular formula is C25H21ClFN5O3. The van der Waals surface area contributed by atoms with Crippen LogP contribution < -0.4 is 15.9 Å². The van der Waals surface area contributed by atoms with E-state index in [1.54, 1.807) is 29.2 Å². The molecule has 0 aliphatic carbocycles. The van der Waals surface area contributed by atoms with Gasteiger partial charge < -0.3 is 15.0 Å². The summed E-state index contributed by atoms with van der Waals surface area (Å²) in [6, 6.07) is 10.5. The standard InChI is InChI=1S/C25H21ClFN5O3/c1-30-8-9-31(25(30)35)21-3-2-15(10-20(21)26)18-12-17(27)13-19(24(18)34)16-4-5-29-22(11-16)32-7-6-28-14-23(32)33/h2-5,8-13,28,34H,6-7,14H2,1H3/i1D. The number of carbonyl (C=O) groups excluding carboxylic acids is 1. The Hall–Kier alpha value is -3.95. The molecule has 1 fully saturated rings. The fourth-order valence-electron chi connectivity index (χ4n) is 4.09. The van der Waals surface area contributed by atoms with Crippen LogP contribution in [0.25, 0.3) is 27.9 Å². The second-order valence-corrected chi connectivity index (χ2v) is 8.47. The highest BCUT2D eigenvalue weighted by molar-refractivity contribution is 6.32. The zero-order valence-electron chi connectivity index (χ0n) is 19.4. The Bertz CT molecular complexity index is 1540. The van der Waals surface area contributed by atoms with Crippen LogP contribution in [0.15, 0.2) is 65.8 Å². The zero-order valence-corrected chi connectivity index (χ0v) is 19.2. The van der Waals surface area contributed by atoms with Crippen molar-refractivity contribution in [1.82, 2.24) is 19.4 Å². The van der Waals surface area contributed by atoms with Crippen molar-refractivity contribution in [3.63, 3.8) is 0 Å². The molecule has 10 heteroatoms. The molecular weight excluding hydrogens is 473 g/mol. The van der Waals surface area contributed by atoms with Crippen molar-refractivity contribution in [2.24, 2.45) is 7.02 Å². The smallest absolute Gasteiger partial charge is 0.332 e. The molecule has 1 aliphatic heterocycles. The Kier molecular flexibility index (Phi) is 5.55. The minimum absolute atomic E-state index is 0.123. The number of phenolic OH excluding ortho intramolecular Hbond substituents is 1. The van der Waals surface area contributed by atoms with Gasteiger partial charge in [-0.2, -0.15) is 0 Å². The number of anilines is 1. The van der Waals surface area contributed by atoms with Gasteiger partial charge in [-0.05, 0) is 47.5 Å². The Morgan fingerprint density at radius 2 is 1.89 bits per heavy atom. The van der Waals surface area contributed by atoms with Crippen LogP contribution in [0.5, 0.6) is 5.75 Å².